The van der Waals surface area contributed by atoms with Gasteiger partial charge < -0.3 is 0 Å². The maximum absolute atomic E-state index is 13.5. The van der Waals surface area contributed by atoms with Crippen molar-refractivity contribution in [1.29, 1.82) is 0 Å². The average Bonchev–Trinajstić information content (AvgIpc) is 2.71. The number of carbonyl (C=O) groups is 2. The van der Waals surface area contributed by atoms with Crippen molar-refractivity contribution in [2.24, 2.45) is 11.3 Å². The minimum atomic E-state index is -0.834. The number of aromatic nitrogens is 1. The van der Waals surface area contributed by atoms with E-state index in [0.717, 1.165) is 4.90 Å². The minimum absolute atomic E-state index is 0.0574. The van der Waals surface area contributed by atoms with Crippen LogP contribution < -0.4 is 0 Å². The molecule has 0 spiro atoms. The number of rotatable bonds is 1. The number of pyridine rings is 1. The lowest BCUT2D eigenvalue weighted by molar-refractivity contribution is -0.125. The van der Waals surface area contributed by atoms with Crippen LogP contribution in [-0.4, -0.2) is 28.2 Å². The van der Waals surface area contributed by atoms with E-state index >= 15 is 0 Å². The standard InChI is InChI=1S/C14H17FN2O2/c1-14(2,3)9-7-11(18)17(8-9)13(19)10-5-4-6-16-12(10)15/h4-6,9H,7-8H2,1-3H3. The highest BCUT2D eigenvalue weighted by Gasteiger charge is 2.40. The van der Waals surface area contributed by atoms with Gasteiger partial charge in [0.15, 0.2) is 0 Å². The van der Waals surface area contributed by atoms with Crippen molar-refractivity contribution in [3.8, 4) is 0 Å². The molecule has 0 bridgehead atoms. The van der Waals surface area contributed by atoms with Gasteiger partial charge in [0.1, 0.15) is 0 Å². The van der Waals surface area contributed by atoms with Crippen LogP contribution in [0.2, 0.25) is 0 Å². The summed E-state index contributed by atoms with van der Waals surface area (Å²) in [5, 5.41) is 0. The summed E-state index contributed by atoms with van der Waals surface area (Å²) in [7, 11) is 0. The Kier molecular flexibility index (Phi) is 3.39. The topological polar surface area (TPSA) is 50.3 Å². The van der Waals surface area contributed by atoms with Gasteiger partial charge in [-0.1, -0.05) is 20.8 Å². The second-order valence-electron chi connectivity index (χ2n) is 5.92. The first-order valence-corrected chi connectivity index (χ1v) is 6.26. The van der Waals surface area contributed by atoms with Crippen molar-refractivity contribution in [3.05, 3.63) is 29.8 Å². The third kappa shape index (κ3) is 2.64. The van der Waals surface area contributed by atoms with E-state index in [2.05, 4.69) is 4.98 Å². The summed E-state index contributed by atoms with van der Waals surface area (Å²) in [5.74, 6) is -1.57. The molecule has 0 saturated carbocycles. The molecule has 1 aliphatic heterocycles. The van der Waals surface area contributed by atoms with Gasteiger partial charge in [0.05, 0.1) is 5.56 Å². The smallest absolute Gasteiger partial charge is 0.265 e. The van der Waals surface area contributed by atoms with Crippen LogP contribution in [0.1, 0.15) is 37.6 Å². The van der Waals surface area contributed by atoms with E-state index in [0.29, 0.717) is 13.0 Å². The Bertz CT molecular complexity index is 522. The molecular formula is C14H17FN2O2. The van der Waals surface area contributed by atoms with Gasteiger partial charge in [0.2, 0.25) is 11.9 Å². The Morgan fingerprint density at radius 2 is 2.16 bits per heavy atom. The van der Waals surface area contributed by atoms with Gasteiger partial charge in [-0.25, -0.2) is 4.98 Å². The molecule has 1 fully saturated rings. The molecule has 1 atom stereocenters. The molecule has 102 valence electrons. The number of likely N-dealkylation sites (tertiary alicyclic amines) is 1. The number of carbonyl (C=O) groups excluding carboxylic acids is 2. The highest BCUT2D eigenvalue weighted by Crippen LogP contribution is 2.34. The number of imide groups is 1. The fourth-order valence-electron chi connectivity index (χ4n) is 2.17. The quantitative estimate of drug-likeness (QED) is 0.577. The monoisotopic (exact) mass is 264 g/mol. The Balaban J connectivity index is 2.22. The molecule has 0 aliphatic carbocycles. The van der Waals surface area contributed by atoms with Crippen LogP contribution in [0.25, 0.3) is 0 Å². The summed E-state index contributed by atoms with van der Waals surface area (Å²) in [4.78, 5) is 28.7. The van der Waals surface area contributed by atoms with Gasteiger partial charge in [0, 0.05) is 19.2 Å². The maximum Gasteiger partial charge on any atom is 0.265 e. The van der Waals surface area contributed by atoms with Gasteiger partial charge in [-0.15, -0.1) is 0 Å². The zero-order chi connectivity index (χ0) is 14.2. The molecule has 1 aliphatic rings. The highest BCUT2D eigenvalue weighted by molar-refractivity contribution is 6.05. The van der Waals surface area contributed by atoms with E-state index in [9.17, 15) is 14.0 Å². The highest BCUT2D eigenvalue weighted by atomic mass is 19.1. The number of halogens is 1. The maximum atomic E-state index is 13.5. The van der Waals surface area contributed by atoms with Crippen molar-refractivity contribution >= 4 is 11.8 Å². The molecule has 1 aromatic heterocycles. The Labute approximate surface area is 111 Å². The van der Waals surface area contributed by atoms with Gasteiger partial charge in [-0.05, 0) is 23.5 Å². The molecule has 0 radical (unpaired) electrons. The van der Waals surface area contributed by atoms with E-state index in [1.807, 2.05) is 20.8 Å². The van der Waals surface area contributed by atoms with Crippen molar-refractivity contribution in [2.45, 2.75) is 27.2 Å². The Morgan fingerprint density at radius 3 is 2.68 bits per heavy atom. The first kappa shape index (κ1) is 13.6. The molecule has 1 saturated heterocycles. The predicted octanol–water partition coefficient (Wildman–Crippen LogP) is 2.26. The second-order valence-corrected chi connectivity index (χ2v) is 5.92. The van der Waals surface area contributed by atoms with Crippen LogP contribution in [0.4, 0.5) is 4.39 Å². The summed E-state index contributed by atoms with van der Waals surface area (Å²) in [5.41, 5.74) is -0.205. The Morgan fingerprint density at radius 1 is 1.47 bits per heavy atom. The van der Waals surface area contributed by atoms with Gasteiger partial charge in [-0.2, -0.15) is 4.39 Å². The SMILES string of the molecule is CC(C)(C)C1CC(=O)N(C(=O)c2cccnc2F)C1. The van der Waals surface area contributed by atoms with E-state index in [-0.39, 0.29) is 22.8 Å². The van der Waals surface area contributed by atoms with Crippen LogP contribution in [0, 0.1) is 17.3 Å². The molecule has 2 heterocycles. The van der Waals surface area contributed by atoms with Crippen molar-refractivity contribution < 1.29 is 14.0 Å². The lowest BCUT2D eigenvalue weighted by Gasteiger charge is -2.26. The number of hydrogen-bond donors (Lipinski definition) is 0. The zero-order valence-corrected chi connectivity index (χ0v) is 11.3. The molecule has 1 aromatic rings. The molecule has 1 unspecified atom stereocenters. The van der Waals surface area contributed by atoms with Crippen LogP contribution in [0.15, 0.2) is 18.3 Å². The largest absolute Gasteiger partial charge is 0.278 e. The minimum Gasteiger partial charge on any atom is -0.278 e. The van der Waals surface area contributed by atoms with Gasteiger partial charge in [-0.3, -0.25) is 14.5 Å². The van der Waals surface area contributed by atoms with Gasteiger partial charge >= 0.3 is 0 Å². The summed E-state index contributed by atoms with van der Waals surface area (Å²) in [6.07, 6.45) is 1.60. The normalized spacial score (nSPS) is 19.9. The summed E-state index contributed by atoms with van der Waals surface area (Å²) >= 11 is 0. The van der Waals surface area contributed by atoms with Crippen molar-refractivity contribution in [2.75, 3.05) is 6.54 Å². The molecule has 5 heteroatoms. The first-order chi connectivity index (χ1) is 8.80. The summed E-state index contributed by atoms with van der Waals surface area (Å²) < 4.78 is 13.5. The van der Waals surface area contributed by atoms with Crippen LogP contribution >= 0.6 is 0 Å². The second kappa shape index (κ2) is 4.72. The number of amides is 2. The number of nitrogens with zero attached hydrogens (tertiary/aromatic N) is 2. The Hall–Kier alpha value is -1.78. The predicted molar refractivity (Wildman–Crippen MR) is 67.8 cm³/mol. The van der Waals surface area contributed by atoms with E-state index in [1.165, 1.54) is 18.3 Å². The molecule has 0 N–H and O–H groups in total. The summed E-state index contributed by atoms with van der Waals surface area (Å²) in [6, 6.07) is 2.83. The lowest BCUT2D eigenvalue weighted by atomic mass is 9.80. The van der Waals surface area contributed by atoms with E-state index in [4.69, 9.17) is 0 Å². The molecule has 4 nitrogen and oxygen atoms in total. The summed E-state index contributed by atoms with van der Waals surface area (Å²) in [6.45, 7) is 6.44. The van der Waals surface area contributed by atoms with E-state index < -0.39 is 11.9 Å². The van der Waals surface area contributed by atoms with Crippen molar-refractivity contribution in [1.82, 2.24) is 9.88 Å². The fourth-order valence-corrected chi connectivity index (χ4v) is 2.17. The van der Waals surface area contributed by atoms with E-state index in [1.54, 1.807) is 0 Å². The third-order valence-electron chi connectivity index (χ3n) is 3.58. The first-order valence-electron chi connectivity index (χ1n) is 6.26. The number of hydrogen-bond acceptors (Lipinski definition) is 3. The van der Waals surface area contributed by atoms with Crippen LogP contribution in [-0.2, 0) is 4.79 Å². The third-order valence-corrected chi connectivity index (χ3v) is 3.58. The van der Waals surface area contributed by atoms with Crippen LogP contribution in [0.3, 0.4) is 0 Å². The van der Waals surface area contributed by atoms with Gasteiger partial charge in [0.25, 0.3) is 5.91 Å². The van der Waals surface area contributed by atoms with Crippen LogP contribution in [0.5, 0.6) is 0 Å². The molecule has 2 rings (SSSR count). The fraction of sp³-hybridized carbons (Fsp3) is 0.500. The molecule has 19 heavy (non-hydrogen) atoms. The lowest BCUT2D eigenvalue weighted by Crippen LogP contribution is -2.34. The molecule has 2 amide bonds. The molecule has 0 aromatic carbocycles. The van der Waals surface area contributed by atoms with Crippen molar-refractivity contribution in [3.63, 3.8) is 0 Å². The zero-order valence-electron chi connectivity index (χ0n) is 11.3. The average molecular weight is 264 g/mol. The molecular weight excluding hydrogens is 247 g/mol.